The highest BCUT2D eigenvalue weighted by Crippen LogP contribution is 2.35. The Hall–Kier alpha value is -4.20. The van der Waals surface area contributed by atoms with E-state index in [1.807, 2.05) is 0 Å². The van der Waals surface area contributed by atoms with Crippen LogP contribution in [-0.2, 0) is 6.42 Å². The van der Waals surface area contributed by atoms with Gasteiger partial charge in [-0.05, 0) is 36.2 Å². The minimum Gasteiger partial charge on any atom is -0.351 e. The van der Waals surface area contributed by atoms with Gasteiger partial charge in [0, 0.05) is 23.2 Å². The number of ketones is 2. The maximum absolute atomic E-state index is 13.0. The number of carbonyl (C=O) groups is 3. The fourth-order valence-corrected chi connectivity index (χ4v) is 3.61. The molecule has 0 spiro atoms. The molecular formula is C23H15FN2O5. The summed E-state index contributed by atoms with van der Waals surface area (Å²) < 4.78 is 13.0. The zero-order valence-electron chi connectivity index (χ0n) is 16.1. The summed E-state index contributed by atoms with van der Waals surface area (Å²) in [5, 5.41) is 14.4. The number of halogens is 1. The van der Waals surface area contributed by atoms with Crippen LogP contribution in [0.4, 0.5) is 10.1 Å². The number of hydrogen-bond donors (Lipinski definition) is 1. The minimum atomic E-state index is -0.813. The summed E-state index contributed by atoms with van der Waals surface area (Å²) in [5.74, 6) is -2.29. The summed E-state index contributed by atoms with van der Waals surface area (Å²) in [6.07, 6.45) is 0.384. The first kappa shape index (κ1) is 20.1. The van der Waals surface area contributed by atoms with Crippen LogP contribution in [-0.4, -0.2) is 28.9 Å². The SMILES string of the molecule is O=C1c2ccccc2C(=O)c2c1ccc(C(=O)NCCc1ccc(F)cc1)c2[N+](=O)[O-]. The van der Waals surface area contributed by atoms with Crippen molar-refractivity contribution in [3.05, 3.63) is 110 Å². The van der Waals surface area contributed by atoms with Gasteiger partial charge in [0.1, 0.15) is 16.9 Å². The molecule has 31 heavy (non-hydrogen) atoms. The van der Waals surface area contributed by atoms with Gasteiger partial charge in [-0.25, -0.2) is 4.39 Å². The Morgan fingerprint density at radius 3 is 2.19 bits per heavy atom. The van der Waals surface area contributed by atoms with Gasteiger partial charge in [0.05, 0.1) is 4.92 Å². The van der Waals surface area contributed by atoms with Crippen LogP contribution < -0.4 is 5.32 Å². The molecule has 4 rings (SSSR count). The molecule has 8 heteroatoms. The summed E-state index contributed by atoms with van der Waals surface area (Å²) in [5.41, 5.74) is -0.451. The fraction of sp³-hybridized carbons (Fsp3) is 0.0870. The first-order valence-corrected chi connectivity index (χ1v) is 9.41. The van der Waals surface area contributed by atoms with Crippen molar-refractivity contribution in [1.82, 2.24) is 5.32 Å². The highest BCUT2D eigenvalue weighted by atomic mass is 19.1. The van der Waals surface area contributed by atoms with E-state index in [4.69, 9.17) is 0 Å². The lowest BCUT2D eigenvalue weighted by atomic mass is 9.82. The van der Waals surface area contributed by atoms with Crippen LogP contribution in [0.5, 0.6) is 0 Å². The topological polar surface area (TPSA) is 106 Å². The average molecular weight is 418 g/mol. The molecule has 0 radical (unpaired) electrons. The van der Waals surface area contributed by atoms with E-state index in [2.05, 4.69) is 5.32 Å². The summed E-state index contributed by atoms with van der Waals surface area (Å²) in [6, 6.07) is 14.3. The number of rotatable bonds is 5. The van der Waals surface area contributed by atoms with Crippen LogP contribution >= 0.6 is 0 Å². The lowest BCUT2D eigenvalue weighted by molar-refractivity contribution is -0.385. The number of nitrogens with one attached hydrogen (secondary N) is 1. The lowest BCUT2D eigenvalue weighted by Gasteiger charge is -2.18. The molecule has 1 N–H and O–H groups in total. The van der Waals surface area contributed by atoms with Crippen molar-refractivity contribution < 1.29 is 23.7 Å². The van der Waals surface area contributed by atoms with E-state index in [9.17, 15) is 28.9 Å². The first-order valence-electron chi connectivity index (χ1n) is 9.41. The Morgan fingerprint density at radius 2 is 1.55 bits per heavy atom. The molecule has 1 amide bonds. The highest BCUT2D eigenvalue weighted by Gasteiger charge is 2.38. The molecule has 0 fully saturated rings. The normalized spacial score (nSPS) is 12.2. The Bertz CT molecular complexity index is 1250. The quantitative estimate of drug-likeness (QED) is 0.394. The highest BCUT2D eigenvalue weighted by molar-refractivity contribution is 6.30. The molecule has 0 bridgehead atoms. The van der Waals surface area contributed by atoms with Gasteiger partial charge < -0.3 is 5.32 Å². The van der Waals surface area contributed by atoms with E-state index >= 15 is 0 Å². The van der Waals surface area contributed by atoms with Crippen LogP contribution in [0.1, 0.15) is 47.8 Å². The van der Waals surface area contributed by atoms with Crippen LogP contribution in [0, 0.1) is 15.9 Å². The predicted molar refractivity (Wildman–Crippen MR) is 109 cm³/mol. The van der Waals surface area contributed by atoms with Gasteiger partial charge in [0.15, 0.2) is 5.78 Å². The summed E-state index contributed by atoms with van der Waals surface area (Å²) in [7, 11) is 0. The molecule has 7 nitrogen and oxygen atoms in total. The molecule has 1 aliphatic rings. The van der Waals surface area contributed by atoms with Gasteiger partial charge in [-0.3, -0.25) is 24.5 Å². The monoisotopic (exact) mass is 418 g/mol. The number of hydrogen-bond acceptors (Lipinski definition) is 5. The molecule has 0 unspecified atom stereocenters. The number of amides is 1. The van der Waals surface area contributed by atoms with Gasteiger partial charge in [0.2, 0.25) is 5.78 Å². The van der Waals surface area contributed by atoms with Crippen molar-refractivity contribution in [2.24, 2.45) is 0 Å². The smallest absolute Gasteiger partial charge is 0.294 e. The van der Waals surface area contributed by atoms with Crippen LogP contribution in [0.2, 0.25) is 0 Å². The average Bonchev–Trinajstić information content (AvgIpc) is 2.77. The number of carbonyl (C=O) groups excluding carboxylic acids is 3. The Morgan fingerprint density at radius 1 is 0.903 bits per heavy atom. The Balaban J connectivity index is 1.65. The van der Waals surface area contributed by atoms with Gasteiger partial charge in [-0.2, -0.15) is 0 Å². The predicted octanol–water partition coefficient (Wildman–Crippen LogP) is 3.48. The number of nitro groups is 1. The van der Waals surface area contributed by atoms with Gasteiger partial charge >= 0.3 is 0 Å². The second-order valence-corrected chi connectivity index (χ2v) is 6.98. The van der Waals surface area contributed by atoms with Gasteiger partial charge in [0.25, 0.3) is 11.6 Å². The van der Waals surface area contributed by atoms with E-state index in [1.54, 1.807) is 24.3 Å². The summed E-state index contributed by atoms with van der Waals surface area (Å²) >= 11 is 0. The molecule has 0 atom stereocenters. The minimum absolute atomic E-state index is 0.0666. The zero-order valence-corrected chi connectivity index (χ0v) is 16.1. The second kappa shape index (κ2) is 7.91. The van der Waals surface area contributed by atoms with Crippen LogP contribution in [0.3, 0.4) is 0 Å². The van der Waals surface area contributed by atoms with E-state index in [-0.39, 0.29) is 40.2 Å². The molecule has 0 heterocycles. The van der Waals surface area contributed by atoms with Gasteiger partial charge in [-0.1, -0.05) is 36.4 Å². The first-order chi connectivity index (χ1) is 14.9. The molecule has 0 aromatic heterocycles. The second-order valence-electron chi connectivity index (χ2n) is 6.98. The molecule has 0 saturated heterocycles. The molecule has 0 aliphatic heterocycles. The van der Waals surface area contributed by atoms with Crippen molar-refractivity contribution in [1.29, 1.82) is 0 Å². The van der Waals surface area contributed by atoms with E-state index in [1.165, 1.54) is 36.4 Å². The van der Waals surface area contributed by atoms with Crippen molar-refractivity contribution in [3.63, 3.8) is 0 Å². The van der Waals surface area contributed by atoms with Crippen molar-refractivity contribution in [2.75, 3.05) is 6.54 Å². The zero-order chi connectivity index (χ0) is 22.1. The molecule has 3 aromatic rings. The van der Waals surface area contributed by atoms with E-state index < -0.39 is 28.1 Å². The Kier molecular flexibility index (Phi) is 5.12. The molecule has 0 saturated carbocycles. The number of nitrogens with zero attached hydrogens (tertiary/aromatic N) is 1. The maximum Gasteiger partial charge on any atom is 0.294 e. The fourth-order valence-electron chi connectivity index (χ4n) is 3.61. The van der Waals surface area contributed by atoms with Crippen molar-refractivity contribution >= 4 is 23.2 Å². The number of fused-ring (bicyclic) bond motifs is 2. The van der Waals surface area contributed by atoms with E-state index in [0.717, 1.165) is 5.56 Å². The third kappa shape index (κ3) is 3.59. The molecule has 154 valence electrons. The number of nitro benzene ring substituents is 1. The van der Waals surface area contributed by atoms with Gasteiger partial charge in [-0.15, -0.1) is 0 Å². The Labute approximate surface area is 175 Å². The van der Waals surface area contributed by atoms with Crippen LogP contribution in [0.15, 0.2) is 60.7 Å². The van der Waals surface area contributed by atoms with E-state index in [0.29, 0.717) is 6.42 Å². The van der Waals surface area contributed by atoms with Crippen molar-refractivity contribution in [3.8, 4) is 0 Å². The third-order valence-electron chi connectivity index (χ3n) is 5.11. The standard InChI is InChI=1S/C23H15FN2O5/c24-14-7-5-13(6-8-14)11-12-25-23(29)18-10-9-17-19(20(18)26(30)31)22(28)16-4-2-1-3-15(16)21(17)27/h1-10H,11-12H2,(H,25,29). The maximum atomic E-state index is 13.0. The summed E-state index contributed by atoms with van der Waals surface area (Å²) in [4.78, 5) is 49.4. The molecule has 3 aromatic carbocycles. The summed E-state index contributed by atoms with van der Waals surface area (Å²) in [6.45, 7) is 0.147. The molecule has 1 aliphatic carbocycles. The third-order valence-corrected chi connectivity index (χ3v) is 5.11. The largest absolute Gasteiger partial charge is 0.351 e. The van der Waals surface area contributed by atoms with Crippen molar-refractivity contribution in [2.45, 2.75) is 6.42 Å². The molecular weight excluding hydrogens is 403 g/mol. The van der Waals surface area contributed by atoms with Crippen LogP contribution in [0.25, 0.3) is 0 Å². The lowest BCUT2D eigenvalue weighted by Crippen LogP contribution is -2.29. The number of benzene rings is 3.